The molecule has 0 aliphatic rings. The summed E-state index contributed by atoms with van der Waals surface area (Å²) in [5, 5.41) is 20.8. The van der Waals surface area contributed by atoms with Crippen molar-refractivity contribution in [1.82, 2.24) is 5.32 Å². The maximum atomic E-state index is 11.6. The van der Waals surface area contributed by atoms with Crippen LogP contribution in [0.1, 0.15) is 17.3 Å². The van der Waals surface area contributed by atoms with Crippen molar-refractivity contribution in [2.45, 2.75) is 6.92 Å². The Morgan fingerprint density at radius 1 is 1.22 bits per heavy atom. The van der Waals surface area contributed by atoms with Crippen LogP contribution in [-0.4, -0.2) is 42.6 Å². The molecule has 18 heavy (non-hydrogen) atoms. The van der Waals surface area contributed by atoms with Crippen molar-refractivity contribution >= 4 is 15.7 Å². The van der Waals surface area contributed by atoms with Crippen LogP contribution in [-0.2, 0) is 9.84 Å². The molecule has 0 spiro atoms. The lowest BCUT2D eigenvalue weighted by molar-refractivity contribution is 0.0955. The molecule has 0 saturated carbocycles. The molecule has 0 atom stereocenters. The number of nitrogens with one attached hydrogen (secondary N) is 1. The topological polar surface area (TPSA) is 104 Å². The van der Waals surface area contributed by atoms with Gasteiger partial charge in [-0.25, -0.2) is 8.42 Å². The SMILES string of the molecule is CCS(=O)(=O)CCNC(=O)c1cc(O)cc(O)c1. The zero-order valence-corrected chi connectivity index (χ0v) is 10.7. The maximum absolute atomic E-state index is 11.6. The number of hydrogen-bond donors (Lipinski definition) is 3. The highest BCUT2D eigenvalue weighted by atomic mass is 32.2. The molecule has 100 valence electrons. The Kier molecular flexibility index (Phi) is 4.55. The molecule has 0 heterocycles. The second-order valence-electron chi connectivity index (χ2n) is 3.73. The van der Waals surface area contributed by atoms with Crippen LogP contribution in [0.25, 0.3) is 0 Å². The van der Waals surface area contributed by atoms with E-state index in [0.29, 0.717) is 0 Å². The van der Waals surface area contributed by atoms with Gasteiger partial charge in [0.2, 0.25) is 0 Å². The van der Waals surface area contributed by atoms with Crippen LogP contribution < -0.4 is 5.32 Å². The summed E-state index contributed by atoms with van der Waals surface area (Å²) in [6.07, 6.45) is 0. The van der Waals surface area contributed by atoms with Crippen LogP contribution in [0.2, 0.25) is 0 Å². The highest BCUT2D eigenvalue weighted by Gasteiger charge is 2.11. The van der Waals surface area contributed by atoms with Crippen molar-refractivity contribution in [3.8, 4) is 11.5 Å². The zero-order valence-electron chi connectivity index (χ0n) is 9.88. The Hall–Kier alpha value is -1.76. The molecule has 1 aromatic rings. The zero-order chi connectivity index (χ0) is 13.8. The molecule has 0 saturated heterocycles. The first-order valence-corrected chi connectivity index (χ1v) is 7.18. The van der Waals surface area contributed by atoms with Gasteiger partial charge in [-0.05, 0) is 12.1 Å². The number of phenolic OH excluding ortho intramolecular Hbond substituents is 2. The van der Waals surface area contributed by atoms with Gasteiger partial charge in [0, 0.05) is 23.9 Å². The van der Waals surface area contributed by atoms with E-state index in [0.717, 1.165) is 6.07 Å². The average Bonchev–Trinajstić information content (AvgIpc) is 2.27. The highest BCUT2D eigenvalue weighted by molar-refractivity contribution is 7.91. The van der Waals surface area contributed by atoms with Crippen LogP contribution in [0.4, 0.5) is 0 Å². The summed E-state index contributed by atoms with van der Waals surface area (Å²) in [6, 6.07) is 3.46. The van der Waals surface area contributed by atoms with Crippen LogP contribution >= 0.6 is 0 Å². The van der Waals surface area contributed by atoms with Gasteiger partial charge in [0.1, 0.15) is 11.5 Å². The lowest BCUT2D eigenvalue weighted by atomic mass is 10.2. The fourth-order valence-electron chi connectivity index (χ4n) is 1.29. The molecule has 3 N–H and O–H groups in total. The smallest absolute Gasteiger partial charge is 0.251 e. The number of sulfone groups is 1. The molecule has 1 aromatic carbocycles. The van der Waals surface area contributed by atoms with E-state index < -0.39 is 15.7 Å². The first-order valence-electron chi connectivity index (χ1n) is 5.35. The largest absolute Gasteiger partial charge is 0.508 e. The number of carbonyl (C=O) groups excluding carboxylic acids is 1. The second-order valence-corrected chi connectivity index (χ2v) is 6.20. The lowest BCUT2D eigenvalue weighted by Gasteiger charge is -2.06. The first kappa shape index (κ1) is 14.3. The van der Waals surface area contributed by atoms with E-state index in [1.807, 2.05) is 0 Å². The summed E-state index contributed by atoms with van der Waals surface area (Å²) in [5.74, 6) is -1.13. The summed E-state index contributed by atoms with van der Waals surface area (Å²) in [5.41, 5.74) is 0.0707. The van der Waals surface area contributed by atoms with Crippen molar-refractivity contribution in [3.05, 3.63) is 23.8 Å². The lowest BCUT2D eigenvalue weighted by Crippen LogP contribution is -2.29. The predicted octanol–water partition coefficient (Wildman–Crippen LogP) is 0.262. The third kappa shape index (κ3) is 4.25. The van der Waals surface area contributed by atoms with Gasteiger partial charge in [-0.15, -0.1) is 0 Å². The number of aromatic hydroxyl groups is 2. The number of rotatable bonds is 5. The molecule has 0 aromatic heterocycles. The van der Waals surface area contributed by atoms with Gasteiger partial charge in [0.05, 0.1) is 5.75 Å². The molecule has 1 rings (SSSR count). The minimum atomic E-state index is -3.13. The third-order valence-corrected chi connectivity index (χ3v) is 4.01. The Balaban J connectivity index is 2.61. The molecule has 0 aliphatic heterocycles. The van der Waals surface area contributed by atoms with E-state index in [9.17, 15) is 23.4 Å². The summed E-state index contributed by atoms with van der Waals surface area (Å²) < 4.78 is 22.4. The Morgan fingerprint density at radius 2 is 1.78 bits per heavy atom. The normalized spacial score (nSPS) is 11.2. The van der Waals surface area contributed by atoms with Crippen molar-refractivity contribution < 1.29 is 23.4 Å². The van der Waals surface area contributed by atoms with Gasteiger partial charge >= 0.3 is 0 Å². The van der Waals surface area contributed by atoms with Crippen LogP contribution in [0.3, 0.4) is 0 Å². The van der Waals surface area contributed by atoms with E-state index in [1.54, 1.807) is 0 Å². The van der Waals surface area contributed by atoms with E-state index >= 15 is 0 Å². The van der Waals surface area contributed by atoms with E-state index in [2.05, 4.69) is 5.32 Å². The molecule has 6 nitrogen and oxygen atoms in total. The number of hydrogen-bond acceptors (Lipinski definition) is 5. The van der Waals surface area contributed by atoms with Crippen molar-refractivity contribution in [2.24, 2.45) is 0 Å². The summed E-state index contributed by atoms with van der Waals surface area (Å²) in [6.45, 7) is 1.52. The number of carbonyl (C=O) groups is 1. The Labute approximate surface area is 105 Å². The summed E-state index contributed by atoms with van der Waals surface area (Å²) >= 11 is 0. The monoisotopic (exact) mass is 273 g/mol. The number of amides is 1. The number of benzene rings is 1. The molecule has 1 amide bonds. The summed E-state index contributed by atoms with van der Waals surface area (Å²) in [4.78, 5) is 11.6. The average molecular weight is 273 g/mol. The quantitative estimate of drug-likeness (QED) is 0.714. The van der Waals surface area contributed by atoms with Crippen molar-refractivity contribution in [1.29, 1.82) is 0 Å². The van der Waals surface area contributed by atoms with Gasteiger partial charge in [-0.1, -0.05) is 6.92 Å². The van der Waals surface area contributed by atoms with Gasteiger partial charge in [0.15, 0.2) is 9.84 Å². The van der Waals surface area contributed by atoms with E-state index in [4.69, 9.17) is 0 Å². The minimum Gasteiger partial charge on any atom is -0.508 e. The first-order chi connectivity index (χ1) is 8.34. The fraction of sp³-hybridized carbons (Fsp3) is 0.364. The maximum Gasteiger partial charge on any atom is 0.251 e. The second kappa shape index (κ2) is 5.72. The Morgan fingerprint density at radius 3 is 2.28 bits per heavy atom. The van der Waals surface area contributed by atoms with Gasteiger partial charge in [-0.2, -0.15) is 0 Å². The predicted molar refractivity (Wildman–Crippen MR) is 66.4 cm³/mol. The van der Waals surface area contributed by atoms with E-state index in [1.165, 1.54) is 19.1 Å². The fourth-order valence-corrected chi connectivity index (χ4v) is 1.99. The van der Waals surface area contributed by atoms with Crippen LogP contribution in [0.5, 0.6) is 11.5 Å². The number of phenols is 2. The standard InChI is InChI=1S/C11H15NO5S/c1-2-18(16,17)4-3-12-11(15)8-5-9(13)7-10(14)6-8/h5-7,13-14H,2-4H2,1H3,(H,12,15). The molecule has 0 unspecified atom stereocenters. The minimum absolute atomic E-state index is 0.00851. The molecular formula is C11H15NO5S. The van der Waals surface area contributed by atoms with Gasteiger partial charge in [0.25, 0.3) is 5.91 Å². The van der Waals surface area contributed by atoms with Crippen molar-refractivity contribution in [3.63, 3.8) is 0 Å². The molecule has 0 radical (unpaired) electrons. The molecule has 0 bridgehead atoms. The van der Waals surface area contributed by atoms with Crippen LogP contribution in [0.15, 0.2) is 18.2 Å². The molecule has 7 heteroatoms. The van der Waals surface area contributed by atoms with Crippen molar-refractivity contribution in [2.75, 3.05) is 18.1 Å². The molecule has 0 aliphatic carbocycles. The highest BCUT2D eigenvalue weighted by Crippen LogP contribution is 2.20. The third-order valence-electron chi connectivity index (χ3n) is 2.30. The van der Waals surface area contributed by atoms with Gasteiger partial charge in [-0.3, -0.25) is 4.79 Å². The van der Waals surface area contributed by atoms with E-state index in [-0.39, 0.29) is 35.1 Å². The molecular weight excluding hydrogens is 258 g/mol. The van der Waals surface area contributed by atoms with Crippen LogP contribution in [0, 0.1) is 0 Å². The summed E-state index contributed by atoms with van der Waals surface area (Å²) in [7, 11) is -3.13. The molecule has 0 fully saturated rings. The van der Waals surface area contributed by atoms with Gasteiger partial charge < -0.3 is 15.5 Å². The Bertz CT molecular complexity index is 518.